The second-order valence-corrected chi connectivity index (χ2v) is 8.59. The summed E-state index contributed by atoms with van der Waals surface area (Å²) in [5, 5.41) is 0. The molecular formula is C18H24N2O2S2. The van der Waals surface area contributed by atoms with Crippen molar-refractivity contribution >= 4 is 21.8 Å². The maximum absolute atomic E-state index is 12.8. The van der Waals surface area contributed by atoms with Gasteiger partial charge in [-0.25, -0.2) is 8.42 Å². The van der Waals surface area contributed by atoms with Gasteiger partial charge in [-0.15, -0.1) is 0 Å². The minimum Gasteiger partial charge on any atom is -0.329 e. The molecule has 0 spiro atoms. The van der Waals surface area contributed by atoms with Crippen LogP contribution in [-0.2, 0) is 15.8 Å². The van der Waals surface area contributed by atoms with Crippen molar-refractivity contribution < 1.29 is 8.42 Å². The Kier molecular flexibility index (Phi) is 7.30. The van der Waals surface area contributed by atoms with E-state index in [1.165, 1.54) is 9.87 Å². The van der Waals surface area contributed by atoms with Gasteiger partial charge in [0.05, 0.1) is 4.90 Å². The van der Waals surface area contributed by atoms with Gasteiger partial charge in [0, 0.05) is 31.1 Å². The molecule has 0 heterocycles. The van der Waals surface area contributed by atoms with Gasteiger partial charge in [0.25, 0.3) is 0 Å². The second kappa shape index (κ2) is 9.22. The molecule has 0 aliphatic rings. The molecule has 0 atom stereocenters. The lowest BCUT2D eigenvalue weighted by molar-refractivity contribution is 0.438. The summed E-state index contributed by atoms with van der Waals surface area (Å²) < 4.78 is 27.0. The second-order valence-electron chi connectivity index (χ2n) is 5.54. The normalized spacial score (nSPS) is 11.8. The van der Waals surface area contributed by atoms with E-state index in [1.54, 1.807) is 23.9 Å². The molecular weight excluding hydrogens is 340 g/mol. The van der Waals surface area contributed by atoms with Crippen LogP contribution in [-0.4, -0.2) is 38.1 Å². The molecule has 0 saturated heterocycles. The van der Waals surface area contributed by atoms with Crippen LogP contribution in [0.25, 0.3) is 0 Å². The van der Waals surface area contributed by atoms with E-state index in [2.05, 4.69) is 12.1 Å². The van der Waals surface area contributed by atoms with Gasteiger partial charge in [0.2, 0.25) is 10.0 Å². The molecule has 4 nitrogen and oxygen atoms in total. The predicted octanol–water partition coefficient (Wildman–Crippen LogP) is 2.88. The van der Waals surface area contributed by atoms with E-state index < -0.39 is 10.0 Å². The van der Waals surface area contributed by atoms with Crippen molar-refractivity contribution in [1.29, 1.82) is 0 Å². The van der Waals surface area contributed by atoms with Crippen LogP contribution < -0.4 is 5.73 Å². The molecule has 2 N–H and O–H groups in total. The Balaban J connectivity index is 1.96. The van der Waals surface area contributed by atoms with Crippen LogP contribution in [0.15, 0.2) is 59.5 Å². The van der Waals surface area contributed by atoms with Gasteiger partial charge in [-0.1, -0.05) is 48.0 Å². The number of thioether (sulfide) groups is 1. The third kappa shape index (κ3) is 5.34. The van der Waals surface area contributed by atoms with E-state index in [9.17, 15) is 8.42 Å². The third-order valence-corrected chi connectivity index (χ3v) is 6.56. The molecule has 2 aromatic rings. The summed E-state index contributed by atoms with van der Waals surface area (Å²) in [5.41, 5.74) is 7.89. The highest BCUT2D eigenvalue weighted by Crippen LogP contribution is 2.18. The van der Waals surface area contributed by atoms with Crippen LogP contribution >= 0.6 is 11.8 Å². The molecule has 0 bridgehead atoms. The number of sulfonamides is 1. The molecule has 0 aliphatic heterocycles. The maximum atomic E-state index is 12.8. The van der Waals surface area contributed by atoms with Gasteiger partial charge < -0.3 is 5.73 Å². The highest BCUT2D eigenvalue weighted by atomic mass is 32.2. The first-order valence-electron chi connectivity index (χ1n) is 7.92. The highest BCUT2D eigenvalue weighted by molar-refractivity contribution is 7.98. The van der Waals surface area contributed by atoms with Gasteiger partial charge >= 0.3 is 0 Å². The zero-order valence-corrected chi connectivity index (χ0v) is 15.5. The van der Waals surface area contributed by atoms with E-state index in [0.29, 0.717) is 24.5 Å². The topological polar surface area (TPSA) is 63.4 Å². The van der Waals surface area contributed by atoms with Crippen molar-refractivity contribution in [3.63, 3.8) is 0 Å². The summed E-state index contributed by atoms with van der Waals surface area (Å²) in [4.78, 5) is 0.328. The van der Waals surface area contributed by atoms with Crippen molar-refractivity contribution in [3.05, 3.63) is 65.7 Å². The first-order chi connectivity index (χ1) is 11.5. The summed E-state index contributed by atoms with van der Waals surface area (Å²) in [6.45, 7) is 3.05. The molecule has 0 fully saturated rings. The monoisotopic (exact) mass is 364 g/mol. The fourth-order valence-electron chi connectivity index (χ4n) is 2.29. The van der Waals surface area contributed by atoms with E-state index >= 15 is 0 Å². The minimum atomic E-state index is -3.49. The Bertz CT molecular complexity index is 716. The SMILES string of the molecule is Cc1ccc(S(=O)(=O)N(CCN)CCSCc2ccccc2)cc1. The first kappa shape index (κ1) is 19.0. The van der Waals surface area contributed by atoms with Gasteiger partial charge in [-0.2, -0.15) is 16.1 Å². The van der Waals surface area contributed by atoms with Crippen LogP contribution in [0.5, 0.6) is 0 Å². The molecule has 0 amide bonds. The van der Waals surface area contributed by atoms with E-state index in [0.717, 1.165) is 17.1 Å². The number of benzene rings is 2. The van der Waals surface area contributed by atoms with Gasteiger partial charge in [0.1, 0.15) is 0 Å². The summed E-state index contributed by atoms with van der Waals surface area (Å²) in [5.74, 6) is 1.61. The van der Waals surface area contributed by atoms with Crippen molar-refractivity contribution in [2.24, 2.45) is 5.73 Å². The smallest absolute Gasteiger partial charge is 0.243 e. The molecule has 0 saturated carbocycles. The van der Waals surface area contributed by atoms with Crippen LogP contribution in [0.4, 0.5) is 0 Å². The molecule has 130 valence electrons. The molecule has 0 radical (unpaired) electrons. The summed E-state index contributed by atoms with van der Waals surface area (Å²) >= 11 is 1.73. The predicted molar refractivity (Wildman–Crippen MR) is 102 cm³/mol. The molecule has 0 unspecified atom stereocenters. The standard InChI is InChI=1S/C18H24N2O2S2/c1-16-7-9-18(10-8-16)24(21,22)20(12-11-19)13-14-23-15-17-5-3-2-4-6-17/h2-10H,11-15,19H2,1H3. The lowest BCUT2D eigenvalue weighted by atomic mass is 10.2. The van der Waals surface area contributed by atoms with E-state index in [-0.39, 0.29) is 0 Å². The Hall–Kier alpha value is -1.34. The van der Waals surface area contributed by atoms with E-state index in [1.807, 2.05) is 37.3 Å². The number of hydrogen-bond donors (Lipinski definition) is 1. The lowest BCUT2D eigenvalue weighted by Gasteiger charge is -2.21. The molecule has 0 aliphatic carbocycles. The van der Waals surface area contributed by atoms with E-state index in [4.69, 9.17) is 5.73 Å². The van der Waals surface area contributed by atoms with Crippen LogP contribution in [0, 0.1) is 6.92 Å². The molecule has 0 aromatic heterocycles. The van der Waals surface area contributed by atoms with Gasteiger partial charge in [0.15, 0.2) is 0 Å². The zero-order valence-electron chi connectivity index (χ0n) is 13.9. The van der Waals surface area contributed by atoms with Gasteiger partial charge in [-0.05, 0) is 24.6 Å². The van der Waals surface area contributed by atoms with Crippen LogP contribution in [0.3, 0.4) is 0 Å². The molecule has 2 rings (SSSR count). The minimum absolute atomic E-state index is 0.314. The van der Waals surface area contributed by atoms with Crippen molar-refractivity contribution in [2.75, 3.05) is 25.4 Å². The Morgan fingerprint density at radius 2 is 1.67 bits per heavy atom. The summed E-state index contributed by atoms with van der Waals surface area (Å²) in [7, 11) is -3.49. The number of hydrogen-bond acceptors (Lipinski definition) is 4. The fourth-order valence-corrected chi connectivity index (χ4v) is 4.78. The number of nitrogens with zero attached hydrogens (tertiary/aromatic N) is 1. The largest absolute Gasteiger partial charge is 0.329 e. The Morgan fingerprint density at radius 3 is 2.29 bits per heavy atom. The number of rotatable bonds is 9. The Morgan fingerprint density at radius 1 is 1.00 bits per heavy atom. The zero-order chi connectivity index (χ0) is 17.4. The highest BCUT2D eigenvalue weighted by Gasteiger charge is 2.23. The van der Waals surface area contributed by atoms with Crippen molar-refractivity contribution in [3.8, 4) is 0 Å². The van der Waals surface area contributed by atoms with Crippen molar-refractivity contribution in [1.82, 2.24) is 4.31 Å². The number of aryl methyl sites for hydroxylation is 1. The van der Waals surface area contributed by atoms with Crippen molar-refractivity contribution in [2.45, 2.75) is 17.6 Å². The fraction of sp³-hybridized carbons (Fsp3) is 0.333. The molecule has 6 heteroatoms. The quantitative estimate of drug-likeness (QED) is 0.695. The van der Waals surface area contributed by atoms with Gasteiger partial charge in [-0.3, -0.25) is 0 Å². The average Bonchev–Trinajstić information content (AvgIpc) is 2.59. The van der Waals surface area contributed by atoms with Crippen LogP contribution in [0.1, 0.15) is 11.1 Å². The lowest BCUT2D eigenvalue weighted by Crippen LogP contribution is -2.37. The number of nitrogens with two attached hydrogens (primary N) is 1. The third-order valence-electron chi connectivity index (χ3n) is 3.63. The summed E-state index contributed by atoms with van der Waals surface area (Å²) in [6.07, 6.45) is 0. The molecule has 2 aromatic carbocycles. The first-order valence-corrected chi connectivity index (χ1v) is 10.5. The Labute approximate surface area is 149 Å². The summed E-state index contributed by atoms with van der Waals surface area (Å²) in [6, 6.07) is 17.1. The average molecular weight is 365 g/mol. The molecule has 24 heavy (non-hydrogen) atoms. The maximum Gasteiger partial charge on any atom is 0.243 e. The van der Waals surface area contributed by atoms with Crippen LogP contribution in [0.2, 0.25) is 0 Å².